The SMILES string of the molecule is CSc1ncc2c(=O)n(CC3CCN(C(=O)N4CC[C@@H](N)C[C@H]4c4ccccc4)CC34CCCC4)ccc2n1. The molecular weight excluding hydrogens is 508 g/mol. The molecule has 0 radical (unpaired) electrons. The lowest BCUT2D eigenvalue weighted by atomic mass is 9.69. The van der Waals surface area contributed by atoms with Gasteiger partial charge >= 0.3 is 6.03 Å². The van der Waals surface area contributed by atoms with E-state index in [0.29, 0.717) is 35.1 Å². The van der Waals surface area contributed by atoms with Gasteiger partial charge in [-0.05, 0) is 61.3 Å². The molecular formula is C30H38N6O2S. The summed E-state index contributed by atoms with van der Waals surface area (Å²) in [5.74, 6) is 0.352. The average Bonchev–Trinajstić information content (AvgIpc) is 3.44. The smallest absolute Gasteiger partial charge is 0.320 e. The molecule has 2 saturated heterocycles. The summed E-state index contributed by atoms with van der Waals surface area (Å²) >= 11 is 1.47. The minimum atomic E-state index is -0.0258. The summed E-state index contributed by atoms with van der Waals surface area (Å²) in [5, 5.41) is 1.24. The molecule has 1 spiro atoms. The number of rotatable bonds is 4. The van der Waals surface area contributed by atoms with Gasteiger partial charge in [-0.25, -0.2) is 14.8 Å². The maximum absolute atomic E-state index is 14.0. The van der Waals surface area contributed by atoms with Crippen LogP contribution >= 0.6 is 11.8 Å². The zero-order chi connectivity index (χ0) is 27.0. The van der Waals surface area contributed by atoms with Gasteiger partial charge in [-0.2, -0.15) is 0 Å². The third kappa shape index (κ3) is 5.07. The number of nitrogens with zero attached hydrogens (tertiary/aromatic N) is 5. The number of carbonyl (C=O) groups is 1. The standard InChI is InChI=1S/C30H38N6O2S/c1-39-28-32-18-24-25(33-28)11-15-34(27(24)37)19-22-9-14-35(20-30(22)12-5-6-13-30)29(38)36-16-10-23(31)17-26(36)21-7-3-2-4-8-21/h2-4,7-8,11,15,18,22-23,26H,5-6,9-10,12-14,16-17,19-20,31H2,1H3/t22?,23-,26+/m1/s1. The largest absolute Gasteiger partial charge is 0.328 e. The fraction of sp³-hybridized carbons (Fsp3) is 0.533. The molecule has 4 heterocycles. The van der Waals surface area contributed by atoms with Crippen LogP contribution in [0.1, 0.15) is 56.6 Å². The molecule has 206 valence electrons. The van der Waals surface area contributed by atoms with Gasteiger partial charge in [0.15, 0.2) is 5.16 Å². The molecule has 6 rings (SSSR count). The number of nitrogens with two attached hydrogens (primary N) is 1. The van der Waals surface area contributed by atoms with E-state index in [4.69, 9.17) is 5.73 Å². The Morgan fingerprint density at radius 2 is 1.92 bits per heavy atom. The number of carbonyl (C=O) groups excluding carboxylic acids is 1. The van der Waals surface area contributed by atoms with Gasteiger partial charge in [-0.15, -0.1) is 0 Å². The quantitative estimate of drug-likeness (QED) is 0.377. The zero-order valence-corrected chi connectivity index (χ0v) is 23.5. The van der Waals surface area contributed by atoms with Crippen LogP contribution in [0.2, 0.25) is 0 Å². The van der Waals surface area contributed by atoms with Gasteiger partial charge in [-0.3, -0.25) is 4.79 Å². The van der Waals surface area contributed by atoms with Crippen molar-refractivity contribution < 1.29 is 4.79 Å². The van der Waals surface area contributed by atoms with Gasteiger partial charge in [-0.1, -0.05) is 54.9 Å². The number of thioether (sulfide) groups is 1. The maximum atomic E-state index is 14.0. The highest BCUT2D eigenvalue weighted by Crippen LogP contribution is 2.49. The summed E-state index contributed by atoms with van der Waals surface area (Å²) in [6.07, 6.45) is 12.6. The molecule has 2 N–H and O–H groups in total. The number of urea groups is 1. The number of pyridine rings is 1. The van der Waals surface area contributed by atoms with E-state index in [2.05, 4.69) is 31.9 Å². The van der Waals surface area contributed by atoms with Crippen LogP contribution in [0.5, 0.6) is 0 Å². The second-order valence-electron chi connectivity index (χ2n) is 11.6. The number of fused-ring (bicyclic) bond motifs is 1. The fourth-order valence-corrected chi connectivity index (χ4v) is 7.57. The van der Waals surface area contributed by atoms with Crippen molar-refractivity contribution in [2.45, 2.75) is 68.7 Å². The van der Waals surface area contributed by atoms with E-state index in [1.165, 1.54) is 24.6 Å². The molecule has 9 heteroatoms. The molecule has 1 aromatic carbocycles. The van der Waals surface area contributed by atoms with E-state index in [9.17, 15) is 9.59 Å². The topological polar surface area (TPSA) is 97.4 Å². The minimum absolute atomic E-state index is 0.0183. The second-order valence-corrected chi connectivity index (χ2v) is 12.4. The van der Waals surface area contributed by atoms with Gasteiger partial charge in [0.25, 0.3) is 5.56 Å². The summed E-state index contributed by atoms with van der Waals surface area (Å²) in [5.41, 5.74) is 8.25. The Morgan fingerprint density at radius 1 is 1.13 bits per heavy atom. The molecule has 3 atom stereocenters. The van der Waals surface area contributed by atoms with Crippen LogP contribution in [-0.4, -0.2) is 62.3 Å². The van der Waals surface area contributed by atoms with Crippen molar-refractivity contribution in [2.24, 2.45) is 17.1 Å². The van der Waals surface area contributed by atoms with E-state index in [1.54, 1.807) is 6.20 Å². The monoisotopic (exact) mass is 546 g/mol. The highest BCUT2D eigenvalue weighted by molar-refractivity contribution is 7.98. The molecule has 0 bridgehead atoms. The zero-order valence-electron chi connectivity index (χ0n) is 22.7. The number of likely N-dealkylation sites (tertiary alicyclic amines) is 2. The molecule has 1 unspecified atom stereocenters. The molecule has 39 heavy (non-hydrogen) atoms. The normalized spacial score (nSPS) is 24.9. The van der Waals surface area contributed by atoms with Crippen molar-refractivity contribution in [1.82, 2.24) is 24.3 Å². The lowest BCUT2D eigenvalue weighted by molar-refractivity contribution is 0.0216. The molecule has 1 aliphatic carbocycles. The van der Waals surface area contributed by atoms with E-state index < -0.39 is 0 Å². The highest BCUT2D eigenvalue weighted by Gasteiger charge is 2.47. The molecule has 3 fully saturated rings. The van der Waals surface area contributed by atoms with Crippen LogP contribution in [-0.2, 0) is 6.54 Å². The van der Waals surface area contributed by atoms with E-state index >= 15 is 0 Å². The van der Waals surface area contributed by atoms with Crippen molar-refractivity contribution >= 4 is 28.7 Å². The lowest BCUT2D eigenvalue weighted by Crippen LogP contribution is -2.56. The molecule has 1 saturated carbocycles. The number of hydrogen-bond acceptors (Lipinski definition) is 6. The minimum Gasteiger partial charge on any atom is -0.328 e. The average molecular weight is 547 g/mol. The van der Waals surface area contributed by atoms with Gasteiger partial charge in [0.2, 0.25) is 0 Å². The van der Waals surface area contributed by atoms with Gasteiger partial charge in [0.1, 0.15) is 0 Å². The van der Waals surface area contributed by atoms with Gasteiger partial charge in [0.05, 0.1) is 16.9 Å². The van der Waals surface area contributed by atoms with Crippen LogP contribution in [0, 0.1) is 11.3 Å². The Morgan fingerprint density at radius 3 is 2.69 bits per heavy atom. The van der Waals surface area contributed by atoms with Crippen molar-refractivity contribution in [1.29, 1.82) is 0 Å². The summed E-state index contributed by atoms with van der Waals surface area (Å²) in [6.45, 7) is 2.85. The summed E-state index contributed by atoms with van der Waals surface area (Å²) < 4.78 is 1.85. The Hall–Kier alpha value is -2.91. The number of aromatic nitrogens is 3. The number of hydrogen-bond donors (Lipinski definition) is 1. The first-order chi connectivity index (χ1) is 19.0. The lowest BCUT2D eigenvalue weighted by Gasteiger charge is -2.49. The third-order valence-electron chi connectivity index (χ3n) is 9.36. The Bertz CT molecular complexity index is 1390. The Labute approximate surface area is 234 Å². The number of amides is 2. The van der Waals surface area contributed by atoms with Crippen LogP contribution in [0.15, 0.2) is 58.7 Å². The van der Waals surface area contributed by atoms with Gasteiger partial charge in [0, 0.05) is 44.6 Å². The van der Waals surface area contributed by atoms with Crippen molar-refractivity contribution in [3.05, 3.63) is 64.7 Å². The van der Waals surface area contributed by atoms with Crippen molar-refractivity contribution in [3.8, 4) is 0 Å². The first-order valence-corrected chi connectivity index (χ1v) is 15.5. The van der Waals surface area contributed by atoms with E-state index in [0.717, 1.165) is 50.8 Å². The molecule has 3 aromatic rings. The van der Waals surface area contributed by atoms with Crippen molar-refractivity contribution in [3.63, 3.8) is 0 Å². The summed E-state index contributed by atoms with van der Waals surface area (Å²) in [4.78, 5) is 40.4. The Balaban J connectivity index is 1.22. The number of benzene rings is 1. The molecule has 2 aliphatic heterocycles. The summed E-state index contributed by atoms with van der Waals surface area (Å²) in [7, 11) is 0. The Kier molecular flexibility index (Phi) is 7.37. The molecule has 3 aliphatic rings. The first-order valence-electron chi connectivity index (χ1n) is 14.2. The molecule has 2 aromatic heterocycles. The molecule has 2 amide bonds. The molecule has 8 nitrogen and oxygen atoms in total. The number of piperidine rings is 2. The summed E-state index contributed by atoms with van der Waals surface area (Å²) in [6, 6.07) is 12.5. The highest BCUT2D eigenvalue weighted by atomic mass is 32.2. The fourth-order valence-electron chi connectivity index (χ4n) is 7.23. The second kappa shape index (κ2) is 10.9. The van der Waals surface area contributed by atoms with E-state index in [-0.39, 0.29) is 29.1 Å². The predicted octanol–water partition coefficient (Wildman–Crippen LogP) is 4.68. The predicted molar refractivity (Wildman–Crippen MR) is 155 cm³/mol. The van der Waals surface area contributed by atoms with Crippen LogP contribution in [0.25, 0.3) is 10.9 Å². The third-order valence-corrected chi connectivity index (χ3v) is 9.92. The van der Waals surface area contributed by atoms with Crippen molar-refractivity contribution in [2.75, 3.05) is 25.9 Å². The van der Waals surface area contributed by atoms with Gasteiger partial charge < -0.3 is 20.1 Å². The maximum Gasteiger partial charge on any atom is 0.320 e. The van der Waals surface area contributed by atoms with Crippen LogP contribution in [0.4, 0.5) is 4.79 Å². The van der Waals surface area contributed by atoms with E-state index in [1.807, 2.05) is 41.3 Å². The van der Waals surface area contributed by atoms with Crippen LogP contribution < -0.4 is 11.3 Å². The first kappa shape index (κ1) is 26.3. The van der Waals surface area contributed by atoms with Crippen LogP contribution in [0.3, 0.4) is 0 Å².